The average molecular weight is 691 g/mol. The number of allylic oxidation sites excluding steroid dienone is 2. The molecule has 0 radical (unpaired) electrons. The lowest BCUT2D eigenvalue weighted by Gasteiger charge is -2.28. The molecule has 2 unspecified atom stereocenters. The number of anilines is 5. The zero-order valence-electron chi connectivity index (χ0n) is 29.8. The minimum absolute atomic E-state index is 0.309. The quantitative estimate of drug-likeness (QED) is 0.164. The summed E-state index contributed by atoms with van der Waals surface area (Å²) in [5, 5.41) is 2.46. The number of fused-ring (bicyclic) bond motifs is 4. The van der Waals surface area contributed by atoms with Crippen LogP contribution in [0.25, 0.3) is 44.2 Å². The number of hydrogen-bond donors (Lipinski definition) is 0. The topological polar surface area (TPSA) is 6.48 Å². The Morgan fingerprint density at radius 3 is 1.50 bits per heavy atom. The Kier molecular flexibility index (Phi) is 8.00. The monoisotopic (exact) mass is 690 g/mol. The van der Waals surface area contributed by atoms with Crippen LogP contribution in [0.1, 0.15) is 11.5 Å². The summed E-state index contributed by atoms with van der Waals surface area (Å²) < 4.78 is 0. The molecule has 2 aliphatic rings. The first-order valence-corrected chi connectivity index (χ1v) is 18.8. The zero-order chi connectivity index (χ0) is 35.8. The van der Waals surface area contributed by atoms with Crippen LogP contribution in [0.2, 0.25) is 0 Å². The van der Waals surface area contributed by atoms with Gasteiger partial charge in [0.15, 0.2) is 0 Å². The van der Waals surface area contributed by atoms with Gasteiger partial charge in [0.25, 0.3) is 0 Å². The lowest BCUT2D eigenvalue weighted by atomic mass is 9.91. The summed E-state index contributed by atoms with van der Waals surface area (Å²) in [5.74, 6) is 0.390. The molecule has 0 saturated heterocycles. The van der Waals surface area contributed by atoms with Gasteiger partial charge in [0, 0.05) is 34.4 Å². The lowest BCUT2D eigenvalue weighted by Crippen LogP contribution is -2.28. The van der Waals surface area contributed by atoms with E-state index < -0.39 is 0 Å². The van der Waals surface area contributed by atoms with E-state index in [9.17, 15) is 0 Å². The maximum Gasteiger partial charge on any atom is 0.0629 e. The van der Waals surface area contributed by atoms with Gasteiger partial charge in [-0.1, -0.05) is 164 Å². The summed E-state index contributed by atoms with van der Waals surface area (Å²) in [7, 11) is 0. The van der Waals surface area contributed by atoms with Crippen LogP contribution >= 0.6 is 0 Å². The minimum atomic E-state index is 0.309. The van der Waals surface area contributed by atoms with Gasteiger partial charge in [0.05, 0.1) is 6.04 Å². The van der Waals surface area contributed by atoms with Gasteiger partial charge in [0.2, 0.25) is 0 Å². The largest absolute Gasteiger partial charge is 0.333 e. The fourth-order valence-corrected chi connectivity index (χ4v) is 8.26. The molecule has 2 heteroatoms. The van der Waals surface area contributed by atoms with E-state index in [4.69, 9.17) is 0 Å². The van der Waals surface area contributed by atoms with Gasteiger partial charge in [-0.25, -0.2) is 0 Å². The highest BCUT2D eigenvalue weighted by atomic mass is 15.2. The predicted octanol–water partition coefficient (Wildman–Crippen LogP) is 14.0. The van der Waals surface area contributed by atoms with Crippen molar-refractivity contribution in [3.8, 4) is 33.4 Å². The van der Waals surface area contributed by atoms with Crippen LogP contribution in [0.3, 0.4) is 0 Å². The zero-order valence-corrected chi connectivity index (χ0v) is 29.8. The summed E-state index contributed by atoms with van der Waals surface area (Å²) in [6.07, 6.45) is 9.01. The van der Waals surface area contributed by atoms with Crippen LogP contribution in [-0.2, 0) is 0 Å². The molecule has 0 spiro atoms. The summed E-state index contributed by atoms with van der Waals surface area (Å²) in [5.41, 5.74) is 14.5. The first-order chi connectivity index (χ1) is 26.8. The van der Waals surface area contributed by atoms with Crippen LogP contribution in [-0.4, -0.2) is 6.04 Å². The first kappa shape index (κ1) is 31.8. The molecule has 8 aromatic rings. The van der Waals surface area contributed by atoms with Crippen LogP contribution in [0.15, 0.2) is 218 Å². The number of para-hydroxylation sites is 1. The Bertz CT molecular complexity index is 2640. The maximum atomic E-state index is 2.48. The Balaban J connectivity index is 0.917. The predicted molar refractivity (Wildman–Crippen MR) is 228 cm³/mol. The average Bonchev–Trinajstić information content (AvgIpc) is 3.59. The fourth-order valence-electron chi connectivity index (χ4n) is 8.26. The van der Waals surface area contributed by atoms with Gasteiger partial charge in [0.1, 0.15) is 0 Å². The first-order valence-electron chi connectivity index (χ1n) is 18.8. The molecule has 54 heavy (non-hydrogen) atoms. The molecule has 0 saturated carbocycles. The van der Waals surface area contributed by atoms with E-state index in [1.54, 1.807) is 0 Å². The summed E-state index contributed by atoms with van der Waals surface area (Å²) in [6, 6.07) is 70.8. The fraction of sp³-hybridized carbons (Fsp3) is 0.0385. The molecule has 2 atom stereocenters. The van der Waals surface area contributed by atoms with Gasteiger partial charge in [-0.15, -0.1) is 0 Å². The molecule has 1 aliphatic carbocycles. The summed E-state index contributed by atoms with van der Waals surface area (Å²) in [4.78, 5) is 4.83. The van der Waals surface area contributed by atoms with E-state index in [1.807, 2.05) is 0 Å². The molecule has 2 nitrogen and oxygen atoms in total. The molecule has 0 aromatic heterocycles. The van der Waals surface area contributed by atoms with Crippen molar-refractivity contribution in [1.82, 2.24) is 0 Å². The summed E-state index contributed by atoms with van der Waals surface area (Å²) >= 11 is 0. The molecule has 0 fully saturated rings. The Morgan fingerprint density at radius 1 is 0.370 bits per heavy atom. The third kappa shape index (κ3) is 5.79. The van der Waals surface area contributed by atoms with Crippen molar-refractivity contribution < 1.29 is 0 Å². The molecule has 1 aliphatic heterocycles. The van der Waals surface area contributed by atoms with Crippen molar-refractivity contribution in [3.63, 3.8) is 0 Å². The highest BCUT2D eigenvalue weighted by Crippen LogP contribution is 2.47. The second kappa shape index (κ2) is 13.6. The number of rotatable bonds is 7. The van der Waals surface area contributed by atoms with E-state index in [1.165, 1.54) is 61.1 Å². The molecule has 1 heterocycles. The smallest absolute Gasteiger partial charge is 0.0629 e. The highest BCUT2D eigenvalue weighted by Gasteiger charge is 2.36. The molecule has 10 rings (SSSR count). The van der Waals surface area contributed by atoms with Crippen LogP contribution in [0.4, 0.5) is 28.4 Å². The van der Waals surface area contributed by atoms with Crippen molar-refractivity contribution in [3.05, 3.63) is 224 Å². The molecule has 0 amide bonds. The lowest BCUT2D eigenvalue weighted by molar-refractivity contribution is 0.745. The van der Waals surface area contributed by atoms with Crippen LogP contribution in [0, 0.1) is 0 Å². The van der Waals surface area contributed by atoms with Crippen molar-refractivity contribution in [2.45, 2.75) is 12.0 Å². The summed E-state index contributed by atoms with van der Waals surface area (Å²) in [6.45, 7) is 0. The van der Waals surface area contributed by atoms with Crippen molar-refractivity contribution in [1.29, 1.82) is 0 Å². The molecule has 8 aromatic carbocycles. The van der Waals surface area contributed by atoms with Crippen molar-refractivity contribution in [2.75, 3.05) is 9.80 Å². The van der Waals surface area contributed by atoms with E-state index in [0.29, 0.717) is 12.0 Å². The molecule has 0 N–H and O–H groups in total. The highest BCUT2D eigenvalue weighted by molar-refractivity contribution is 5.90. The van der Waals surface area contributed by atoms with Crippen LogP contribution < -0.4 is 9.80 Å². The Hall–Kier alpha value is -6.90. The van der Waals surface area contributed by atoms with Crippen LogP contribution in [0.5, 0.6) is 0 Å². The number of hydrogen-bond acceptors (Lipinski definition) is 2. The van der Waals surface area contributed by atoms with Crippen molar-refractivity contribution in [2.24, 2.45) is 0 Å². The Morgan fingerprint density at radius 2 is 0.852 bits per heavy atom. The normalized spacial score (nSPS) is 15.6. The third-order valence-electron chi connectivity index (χ3n) is 11.0. The van der Waals surface area contributed by atoms with E-state index in [0.717, 1.165) is 17.1 Å². The van der Waals surface area contributed by atoms with Gasteiger partial charge in [-0.05, 0) is 104 Å². The van der Waals surface area contributed by atoms with Gasteiger partial charge in [-0.2, -0.15) is 0 Å². The maximum absolute atomic E-state index is 2.48. The van der Waals surface area contributed by atoms with E-state index >= 15 is 0 Å². The van der Waals surface area contributed by atoms with Crippen molar-refractivity contribution >= 4 is 39.2 Å². The second-order valence-electron chi connectivity index (χ2n) is 14.2. The number of benzene rings is 8. The van der Waals surface area contributed by atoms with Gasteiger partial charge < -0.3 is 9.80 Å². The van der Waals surface area contributed by atoms with Gasteiger partial charge in [-0.3, -0.25) is 0 Å². The number of nitrogens with zero attached hydrogens (tertiary/aromatic N) is 2. The SMILES string of the molecule is C1=CC2c3ccccc3N(c3ccc(-c4ccc(-c5ccc(N(c6ccc(-c7ccccc7)cc6)c6ccc7ccccc7c6)cc5)cc4)cc3)C2C=C1. The molecular formula is C52H38N2. The van der Waals surface area contributed by atoms with Gasteiger partial charge >= 0.3 is 0 Å². The van der Waals surface area contributed by atoms with E-state index in [2.05, 4.69) is 228 Å². The second-order valence-corrected chi connectivity index (χ2v) is 14.2. The molecule has 0 bridgehead atoms. The Labute approximate surface area is 317 Å². The van der Waals surface area contributed by atoms with E-state index in [-0.39, 0.29) is 0 Å². The third-order valence-corrected chi connectivity index (χ3v) is 11.0. The standard InChI is InChI=1S/C52H38N2/c1-2-10-37(11-3-1)41-22-29-45(30-23-41)53(48-35-28-38-12-4-5-13-44(38)36-48)46-31-24-42(25-32-46)39-18-20-40(21-19-39)43-26-33-47(34-27-43)54-51-16-8-6-14-49(51)50-15-7-9-17-52(50)54/h1-36,49,51H. The molecule has 256 valence electrons. The minimum Gasteiger partial charge on any atom is -0.333 e. The molecular weight excluding hydrogens is 653 g/mol.